The van der Waals surface area contributed by atoms with Crippen LogP contribution in [0.25, 0.3) is 10.9 Å². The first kappa shape index (κ1) is 12.6. The summed E-state index contributed by atoms with van der Waals surface area (Å²) in [6.07, 6.45) is 3.47. The highest BCUT2D eigenvalue weighted by Gasteiger charge is 2.28. The molecular formula is C15H21N3O. The van der Waals surface area contributed by atoms with E-state index >= 15 is 0 Å². The summed E-state index contributed by atoms with van der Waals surface area (Å²) in [5.41, 5.74) is 8.53. The van der Waals surface area contributed by atoms with E-state index < -0.39 is 0 Å². The number of fused-ring (bicyclic) bond motifs is 1. The highest BCUT2D eigenvalue weighted by atomic mass is 16.5. The first-order chi connectivity index (χ1) is 9.15. The van der Waals surface area contributed by atoms with E-state index in [4.69, 9.17) is 10.5 Å². The number of aromatic nitrogens is 2. The van der Waals surface area contributed by atoms with E-state index in [1.807, 2.05) is 23.9 Å². The van der Waals surface area contributed by atoms with Gasteiger partial charge in [0.1, 0.15) is 0 Å². The van der Waals surface area contributed by atoms with Gasteiger partial charge in [-0.05, 0) is 25.8 Å². The van der Waals surface area contributed by atoms with E-state index in [1.165, 1.54) is 5.39 Å². The molecule has 19 heavy (non-hydrogen) atoms. The van der Waals surface area contributed by atoms with Crippen molar-refractivity contribution < 1.29 is 4.74 Å². The molecule has 2 aromatic rings. The fourth-order valence-corrected chi connectivity index (χ4v) is 2.94. The normalized spacial score (nSPS) is 25.0. The Labute approximate surface area is 113 Å². The first-order valence-electron chi connectivity index (χ1n) is 6.97. The van der Waals surface area contributed by atoms with Crippen LogP contribution in [0.5, 0.6) is 0 Å². The number of nitrogens with zero attached hydrogens (tertiary/aromatic N) is 2. The Bertz CT molecular complexity index is 578. The fraction of sp³-hybridized carbons (Fsp3) is 0.533. The SMILES string of the molecule is CC1CCC(C(N)Cc2nn(C)c3ccccc23)O1. The molecule has 1 aromatic carbocycles. The Morgan fingerprint density at radius 3 is 2.95 bits per heavy atom. The van der Waals surface area contributed by atoms with Crippen molar-refractivity contribution in [1.82, 2.24) is 9.78 Å². The van der Waals surface area contributed by atoms with E-state index in [9.17, 15) is 0 Å². The predicted octanol–water partition coefficient (Wildman–Crippen LogP) is 2.01. The van der Waals surface area contributed by atoms with Gasteiger partial charge in [-0.25, -0.2) is 0 Å². The summed E-state index contributed by atoms with van der Waals surface area (Å²) >= 11 is 0. The molecular weight excluding hydrogens is 238 g/mol. The molecule has 1 aromatic heterocycles. The number of hydrogen-bond acceptors (Lipinski definition) is 3. The van der Waals surface area contributed by atoms with Gasteiger partial charge in [0.2, 0.25) is 0 Å². The van der Waals surface area contributed by atoms with Gasteiger partial charge in [-0.2, -0.15) is 5.10 Å². The molecule has 0 saturated carbocycles. The zero-order valence-corrected chi connectivity index (χ0v) is 11.5. The van der Waals surface area contributed by atoms with Crippen LogP contribution in [0.3, 0.4) is 0 Å². The smallest absolute Gasteiger partial charge is 0.0734 e. The summed E-state index contributed by atoms with van der Waals surface area (Å²) in [4.78, 5) is 0. The largest absolute Gasteiger partial charge is 0.374 e. The molecule has 1 aliphatic rings. The highest BCUT2D eigenvalue weighted by molar-refractivity contribution is 5.81. The zero-order chi connectivity index (χ0) is 13.4. The Morgan fingerprint density at radius 2 is 2.21 bits per heavy atom. The average Bonchev–Trinajstić information content (AvgIpc) is 2.96. The van der Waals surface area contributed by atoms with Gasteiger partial charge in [-0.15, -0.1) is 0 Å². The summed E-state index contributed by atoms with van der Waals surface area (Å²) in [5.74, 6) is 0. The van der Waals surface area contributed by atoms with Gasteiger partial charge in [0.25, 0.3) is 0 Å². The van der Waals surface area contributed by atoms with Crippen molar-refractivity contribution in [2.45, 2.75) is 44.4 Å². The van der Waals surface area contributed by atoms with Crippen molar-refractivity contribution in [3.05, 3.63) is 30.0 Å². The molecule has 3 unspecified atom stereocenters. The summed E-state index contributed by atoms with van der Waals surface area (Å²) < 4.78 is 7.78. The second-order valence-electron chi connectivity index (χ2n) is 5.52. The summed E-state index contributed by atoms with van der Waals surface area (Å²) in [5, 5.41) is 5.80. The van der Waals surface area contributed by atoms with Gasteiger partial charge in [-0.3, -0.25) is 4.68 Å². The lowest BCUT2D eigenvalue weighted by molar-refractivity contribution is 0.0403. The van der Waals surface area contributed by atoms with Crippen LogP contribution in [0, 0.1) is 0 Å². The van der Waals surface area contributed by atoms with E-state index in [0.29, 0.717) is 6.10 Å². The first-order valence-corrected chi connectivity index (χ1v) is 6.97. The summed E-state index contributed by atoms with van der Waals surface area (Å²) in [6, 6.07) is 8.32. The summed E-state index contributed by atoms with van der Waals surface area (Å²) in [6.45, 7) is 2.11. The maximum Gasteiger partial charge on any atom is 0.0734 e. The minimum atomic E-state index is 0.0308. The molecule has 3 atom stereocenters. The van der Waals surface area contributed by atoms with Crippen molar-refractivity contribution in [3.63, 3.8) is 0 Å². The van der Waals surface area contributed by atoms with Crippen LogP contribution in [0.4, 0.5) is 0 Å². The monoisotopic (exact) mass is 259 g/mol. The van der Waals surface area contributed by atoms with E-state index in [0.717, 1.165) is 30.5 Å². The Balaban J connectivity index is 1.81. The molecule has 0 radical (unpaired) electrons. The van der Waals surface area contributed by atoms with Gasteiger partial charge in [-0.1, -0.05) is 18.2 Å². The molecule has 4 nitrogen and oxygen atoms in total. The third kappa shape index (κ3) is 2.38. The standard InChI is InChI=1S/C15H21N3O/c1-10-7-8-15(19-10)12(16)9-13-11-5-3-4-6-14(11)18(2)17-13/h3-6,10,12,15H,7-9,16H2,1-2H3. The Hall–Kier alpha value is -1.39. The zero-order valence-electron chi connectivity index (χ0n) is 11.5. The molecule has 4 heteroatoms. The fourth-order valence-electron chi connectivity index (χ4n) is 2.94. The number of para-hydroxylation sites is 1. The molecule has 102 valence electrons. The van der Waals surface area contributed by atoms with Crippen LogP contribution in [0.15, 0.2) is 24.3 Å². The number of benzene rings is 1. The maximum absolute atomic E-state index is 6.30. The quantitative estimate of drug-likeness (QED) is 0.917. The van der Waals surface area contributed by atoms with Crippen molar-refractivity contribution in [2.24, 2.45) is 12.8 Å². The Morgan fingerprint density at radius 1 is 1.42 bits per heavy atom. The molecule has 1 aliphatic heterocycles. The number of hydrogen-bond donors (Lipinski definition) is 1. The number of ether oxygens (including phenoxy) is 1. The molecule has 0 spiro atoms. The van der Waals surface area contributed by atoms with Crippen LogP contribution >= 0.6 is 0 Å². The maximum atomic E-state index is 6.30. The lowest BCUT2D eigenvalue weighted by atomic mass is 10.0. The molecule has 0 amide bonds. The molecule has 0 aliphatic carbocycles. The minimum absolute atomic E-state index is 0.0308. The van der Waals surface area contributed by atoms with E-state index in [1.54, 1.807) is 0 Å². The van der Waals surface area contributed by atoms with Crippen molar-refractivity contribution in [3.8, 4) is 0 Å². The molecule has 2 heterocycles. The lowest BCUT2D eigenvalue weighted by Gasteiger charge is -2.18. The van der Waals surface area contributed by atoms with Crippen LogP contribution < -0.4 is 5.73 Å². The van der Waals surface area contributed by atoms with Crippen LogP contribution in [0.1, 0.15) is 25.5 Å². The third-order valence-electron chi connectivity index (χ3n) is 4.01. The van der Waals surface area contributed by atoms with Crippen LogP contribution in [-0.4, -0.2) is 28.0 Å². The van der Waals surface area contributed by atoms with Crippen molar-refractivity contribution in [2.75, 3.05) is 0 Å². The summed E-state index contributed by atoms with van der Waals surface area (Å²) in [7, 11) is 1.98. The van der Waals surface area contributed by atoms with Gasteiger partial charge in [0.05, 0.1) is 23.4 Å². The van der Waals surface area contributed by atoms with Gasteiger partial charge in [0, 0.05) is 24.9 Å². The average molecular weight is 259 g/mol. The van der Waals surface area contributed by atoms with Gasteiger partial charge >= 0.3 is 0 Å². The molecule has 1 fully saturated rings. The molecule has 0 bridgehead atoms. The molecule has 1 saturated heterocycles. The number of aryl methyl sites for hydroxylation is 1. The second-order valence-corrected chi connectivity index (χ2v) is 5.52. The second kappa shape index (κ2) is 4.94. The lowest BCUT2D eigenvalue weighted by Crippen LogP contribution is -2.36. The Kier molecular flexibility index (Phi) is 3.29. The predicted molar refractivity (Wildman–Crippen MR) is 76.0 cm³/mol. The van der Waals surface area contributed by atoms with Crippen LogP contribution in [-0.2, 0) is 18.2 Å². The van der Waals surface area contributed by atoms with Crippen molar-refractivity contribution in [1.29, 1.82) is 0 Å². The number of nitrogens with two attached hydrogens (primary N) is 1. The van der Waals surface area contributed by atoms with Crippen LogP contribution in [0.2, 0.25) is 0 Å². The third-order valence-corrected chi connectivity index (χ3v) is 4.01. The minimum Gasteiger partial charge on any atom is -0.374 e. The molecule has 2 N–H and O–H groups in total. The number of rotatable bonds is 3. The van der Waals surface area contributed by atoms with Gasteiger partial charge < -0.3 is 10.5 Å². The van der Waals surface area contributed by atoms with E-state index in [2.05, 4.69) is 24.2 Å². The van der Waals surface area contributed by atoms with E-state index in [-0.39, 0.29) is 12.1 Å². The van der Waals surface area contributed by atoms with Gasteiger partial charge in [0.15, 0.2) is 0 Å². The highest BCUT2D eigenvalue weighted by Crippen LogP contribution is 2.24. The molecule has 3 rings (SSSR count). The van der Waals surface area contributed by atoms with Crippen molar-refractivity contribution >= 4 is 10.9 Å². The topological polar surface area (TPSA) is 53.1 Å².